The zero-order chi connectivity index (χ0) is 14.3. The molecule has 0 aromatic heterocycles. The predicted molar refractivity (Wildman–Crippen MR) is 75.5 cm³/mol. The number of sulfone groups is 1. The Morgan fingerprint density at radius 2 is 2.05 bits per heavy atom. The van der Waals surface area contributed by atoms with Crippen LogP contribution in [0.5, 0.6) is 0 Å². The van der Waals surface area contributed by atoms with E-state index in [1.54, 1.807) is 0 Å². The first kappa shape index (κ1) is 14.4. The van der Waals surface area contributed by atoms with Crippen LogP contribution in [0.1, 0.15) is 6.42 Å². The normalized spacial score (nSPS) is 22.3. The Morgan fingerprint density at radius 3 is 2.58 bits per heavy atom. The fourth-order valence-electron chi connectivity index (χ4n) is 1.84. The minimum atomic E-state index is -3.74. The van der Waals surface area contributed by atoms with Crippen LogP contribution in [-0.4, -0.2) is 33.6 Å². The van der Waals surface area contributed by atoms with Gasteiger partial charge in [0, 0.05) is 0 Å². The van der Waals surface area contributed by atoms with E-state index in [1.807, 2.05) is 0 Å². The number of nitrogens with one attached hydrogen (secondary N) is 1. The summed E-state index contributed by atoms with van der Waals surface area (Å²) < 4.78 is 49.0. The van der Waals surface area contributed by atoms with Gasteiger partial charge in [0.25, 0.3) is 0 Å². The lowest BCUT2D eigenvalue weighted by molar-refractivity contribution is 0.587. The zero-order valence-electron chi connectivity index (χ0n) is 9.84. The van der Waals surface area contributed by atoms with Gasteiger partial charge in [-0.15, -0.1) is 0 Å². The van der Waals surface area contributed by atoms with Crippen molar-refractivity contribution in [3.63, 3.8) is 0 Å². The fourth-order valence-corrected chi connectivity index (χ4v) is 6.11. The van der Waals surface area contributed by atoms with Gasteiger partial charge in [0.2, 0.25) is 10.0 Å². The van der Waals surface area contributed by atoms with E-state index >= 15 is 0 Å². The molecule has 19 heavy (non-hydrogen) atoms. The van der Waals surface area contributed by atoms with Gasteiger partial charge in [-0.2, -0.15) is 0 Å². The maximum atomic E-state index is 12.0. The Morgan fingerprint density at radius 1 is 1.37 bits per heavy atom. The molecule has 0 amide bonds. The summed E-state index contributed by atoms with van der Waals surface area (Å²) in [5, 5.41) is -0.687. The molecule has 106 valence electrons. The second-order valence-corrected chi connectivity index (χ2v) is 9.01. The van der Waals surface area contributed by atoms with Crippen molar-refractivity contribution in [1.82, 2.24) is 0 Å². The highest BCUT2D eigenvalue weighted by atomic mass is 35.5. The van der Waals surface area contributed by atoms with Crippen LogP contribution in [-0.2, 0) is 19.9 Å². The standard InChI is InChI=1S/C10H13ClN2O4S2/c11-9-5-7(1-2-10(9)12)13-19(16,17)8-3-4-18(14,15)6-8/h1-2,5,8,13H,3-4,6,12H2. The Kier molecular flexibility index (Phi) is 3.67. The van der Waals surface area contributed by atoms with Crippen LogP contribution in [0.3, 0.4) is 0 Å². The Bertz CT molecular complexity index is 700. The molecule has 1 heterocycles. The van der Waals surface area contributed by atoms with Crippen molar-refractivity contribution in [2.75, 3.05) is 22.0 Å². The SMILES string of the molecule is Nc1ccc(NS(=O)(=O)C2CCS(=O)(=O)C2)cc1Cl. The molecule has 0 saturated carbocycles. The summed E-state index contributed by atoms with van der Waals surface area (Å²) in [6.07, 6.45) is 0.111. The summed E-state index contributed by atoms with van der Waals surface area (Å²) in [7, 11) is -6.99. The number of anilines is 2. The predicted octanol–water partition coefficient (Wildman–Crippen LogP) is 0.851. The Hall–Kier alpha value is -0.990. The number of nitrogen functional groups attached to an aromatic ring is 1. The summed E-state index contributed by atoms with van der Waals surface area (Å²) in [6, 6.07) is 4.34. The van der Waals surface area contributed by atoms with Gasteiger partial charge >= 0.3 is 0 Å². The van der Waals surface area contributed by atoms with Crippen molar-refractivity contribution in [2.24, 2.45) is 0 Å². The summed E-state index contributed by atoms with van der Waals surface area (Å²) in [5.41, 5.74) is 6.13. The molecule has 3 N–H and O–H groups in total. The molecule has 1 atom stereocenters. The molecule has 0 bridgehead atoms. The number of benzene rings is 1. The van der Waals surface area contributed by atoms with Gasteiger partial charge in [0.05, 0.1) is 33.2 Å². The maximum absolute atomic E-state index is 12.0. The zero-order valence-corrected chi connectivity index (χ0v) is 12.2. The largest absolute Gasteiger partial charge is 0.398 e. The summed E-state index contributed by atoms with van der Waals surface area (Å²) in [5.74, 6) is -0.438. The van der Waals surface area contributed by atoms with Gasteiger partial charge in [0.1, 0.15) is 0 Å². The molecule has 1 aliphatic heterocycles. The van der Waals surface area contributed by atoms with Crippen LogP contribution < -0.4 is 10.5 Å². The highest BCUT2D eigenvalue weighted by Crippen LogP contribution is 2.25. The molecule has 9 heteroatoms. The minimum absolute atomic E-state index is 0.0962. The van der Waals surface area contributed by atoms with Crippen molar-refractivity contribution >= 4 is 42.8 Å². The molecular weight excluding hydrogens is 312 g/mol. The van der Waals surface area contributed by atoms with E-state index in [0.717, 1.165) is 0 Å². The van der Waals surface area contributed by atoms with E-state index in [4.69, 9.17) is 17.3 Å². The van der Waals surface area contributed by atoms with E-state index in [0.29, 0.717) is 5.69 Å². The Balaban J connectivity index is 2.20. The number of nitrogens with two attached hydrogens (primary N) is 1. The van der Waals surface area contributed by atoms with Crippen LogP contribution in [0.4, 0.5) is 11.4 Å². The monoisotopic (exact) mass is 324 g/mol. The van der Waals surface area contributed by atoms with E-state index < -0.39 is 25.1 Å². The van der Waals surface area contributed by atoms with Gasteiger partial charge in [-0.05, 0) is 24.6 Å². The summed E-state index contributed by atoms with van der Waals surface area (Å²) >= 11 is 5.79. The minimum Gasteiger partial charge on any atom is -0.398 e. The van der Waals surface area contributed by atoms with E-state index in [2.05, 4.69) is 4.72 Å². The number of hydrogen-bond donors (Lipinski definition) is 2. The quantitative estimate of drug-likeness (QED) is 0.802. The number of sulfonamides is 1. The highest BCUT2D eigenvalue weighted by molar-refractivity contribution is 7.97. The van der Waals surface area contributed by atoms with Gasteiger partial charge in [-0.3, -0.25) is 4.72 Å². The van der Waals surface area contributed by atoms with E-state index in [1.165, 1.54) is 18.2 Å². The highest BCUT2D eigenvalue weighted by Gasteiger charge is 2.37. The van der Waals surface area contributed by atoms with E-state index in [9.17, 15) is 16.8 Å². The van der Waals surface area contributed by atoms with Gasteiger partial charge in [-0.25, -0.2) is 16.8 Å². The third-order valence-electron chi connectivity index (χ3n) is 2.89. The number of rotatable bonds is 3. The van der Waals surface area contributed by atoms with Crippen molar-refractivity contribution < 1.29 is 16.8 Å². The topological polar surface area (TPSA) is 106 Å². The van der Waals surface area contributed by atoms with Crippen molar-refractivity contribution in [3.05, 3.63) is 23.2 Å². The molecule has 0 aliphatic carbocycles. The molecule has 0 radical (unpaired) electrons. The van der Waals surface area contributed by atoms with Crippen LogP contribution in [0.2, 0.25) is 5.02 Å². The molecule has 1 unspecified atom stereocenters. The average Bonchev–Trinajstić information content (AvgIpc) is 2.65. The van der Waals surface area contributed by atoms with Gasteiger partial charge in [0.15, 0.2) is 9.84 Å². The summed E-state index contributed by atoms with van der Waals surface area (Å²) in [6.45, 7) is 0. The lowest BCUT2D eigenvalue weighted by Crippen LogP contribution is -2.28. The first-order chi connectivity index (χ1) is 8.70. The van der Waals surface area contributed by atoms with Crippen molar-refractivity contribution in [2.45, 2.75) is 11.7 Å². The smallest absolute Gasteiger partial charge is 0.236 e. The molecule has 1 aliphatic rings. The van der Waals surface area contributed by atoms with Crippen LogP contribution in [0.25, 0.3) is 0 Å². The van der Waals surface area contributed by atoms with Crippen molar-refractivity contribution in [3.8, 4) is 0 Å². The van der Waals surface area contributed by atoms with Crippen LogP contribution in [0.15, 0.2) is 18.2 Å². The molecule has 1 aromatic carbocycles. The first-order valence-corrected chi connectivity index (χ1v) is 9.21. The van der Waals surface area contributed by atoms with Crippen LogP contribution >= 0.6 is 11.6 Å². The molecular formula is C10H13ClN2O4S2. The molecule has 1 fully saturated rings. The second kappa shape index (κ2) is 4.84. The second-order valence-electron chi connectivity index (χ2n) is 4.41. The lowest BCUT2D eigenvalue weighted by atomic mass is 10.3. The molecule has 2 rings (SSSR count). The van der Waals surface area contributed by atoms with Gasteiger partial charge < -0.3 is 5.73 Å². The fraction of sp³-hybridized carbons (Fsp3) is 0.400. The van der Waals surface area contributed by atoms with Crippen molar-refractivity contribution in [1.29, 1.82) is 0 Å². The first-order valence-electron chi connectivity index (χ1n) is 5.47. The average molecular weight is 325 g/mol. The molecule has 6 nitrogen and oxygen atoms in total. The third kappa shape index (κ3) is 3.31. The molecule has 0 spiro atoms. The summed E-state index contributed by atoms with van der Waals surface area (Å²) in [4.78, 5) is 0. The lowest BCUT2D eigenvalue weighted by Gasteiger charge is -2.13. The van der Waals surface area contributed by atoms with E-state index in [-0.39, 0.29) is 28.6 Å². The number of halogens is 1. The third-order valence-corrected chi connectivity index (χ3v) is 7.00. The maximum Gasteiger partial charge on any atom is 0.236 e. The van der Waals surface area contributed by atoms with Gasteiger partial charge in [-0.1, -0.05) is 11.6 Å². The Labute approximate surface area is 116 Å². The number of hydrogen-bond acceptors (Lipinski definition) is 5. The molecule has 1 aromatic rings. The van der Waals surface area contributed by atoms with Crippen LogP contribution in [0, 0.1) is 0 Å². The molecule has 1 saturated heterocycles.